The van der Waals surface area contributed by atoms with Gasteiger partial charge in [0.2, 0.25) is 0 Å². The third kappa shape index (κ3) is 3.55. The predicted molar refractivity (Wildman–Crippen MR) is 75.3 cm³/mol. The second kappa shape index (κ2) is 6.03. The van der Waals surface area contributed by atoms with Crippen LogP contribution in [0.3, 0.4) is 0 Å². The number of hydrogen-bond donors (Lipinski definition) is 1. The van der Waals surface area contributed by atoms with Crippen LogP contribution in [0.4, 0.5) is 8.78 Å². The Balaban J connectivity index is 2.29. The Bertz CT molecular complexity index is 602. The van der Waals surface area contributed by atoms with Gasteiger partial charge in [-0.15, -0.1) is 0 Å². The Hall–Kier alpha value is -0.910. The Kier molecular flexibility index (Phi) is 4.60. The summed E-state index contributed by atoms with van der Waals surface area (Å²) in [6, 6.07) is 8.66. The summed E-state index contributed by atoms with van der Waals surface area (Å²) in [5.74, 6) is -0.925. The van der Waals surface area contributed by atoms with E-state index in [0.29, 0.717) is 0 Å². The highest BCUT2D eigenvalue weighted by molar-refractivity contribution is 9.10. The summed E-state index contributed by atoms with van der Waals surface area (Å²) in [7, 11) is 0. The van der Waals surface area contributed by atoms with Gasteiger partial charge >= 0.3 is 0 Å². The summed E-state index contributed by atoms with van der Waals surface area (Å²) in [5, 5.41) is 9.52. The lowest BCUT2D eigenvalue weighted by molar-refractivity contribution is 0.198. The van der Waals surface area contributed by atoms with E-state index in [0.717, 1.165) is 44.9 Å². The molecule has 0 saturated carbocycles. The number of aliphatic hydroxyl groups excluding tert-OH is 1. The molecule has 0 aliphatic carbocycles. The van der Waals surface area contributed by atoms with Gasteiger partial charge in [0.25, 0.3) is 0 Å². The number of aliphatic hydroxyl groups is 1. The van der Waals surface area contributed by atoms with Crippen LogP contribution < -0.4 is 0 Å². The fraction of sp³-hybridized carbons (Fsp3) is 0.143. The van der Waals surface area contributed by atoms with E-state index in [9.17, 15) is 13.9 Å². The SMILES string of the molecule is CC(O)c1ccc(Sc2cc(F)ccc2F)cc1Br. The fourth-order valence-electron chi connectivity index (χ4n) is 1.59. The van der Waals surface area contributed by atoms with Crippen molar-refractivity contribution in [2.45, 2.75) is 22.8 Å². The molecule has 0 aliphatic rings. The molecule has 1 nitrogen and oxygen atoms in total. The number of hydrogen-bond acceptors (Lipinski definition) is 2. The largest absolute Gasteiger partial charge is 0.389 e. The monoisotopic (exact) mass is 344 g/mol. The molecule has 0 heterocycles. The molecule has 5 heteroatoms. The lowest BCUT2D eigenvalue weighted by atomic mass is 10.1. The number of rotatable bonds is 3. The molecule has 2 rings (SSSR count). The van der Waals surface area contributed by atoms with E-state index in [1.807, 2.05) is 0 Å². The van der Waals surface area contributed by atoms with Gasteiger partial charge in [-0.25, -0.2) is 8.78 Å². The molecule has 0 saturated heterocycles. The van der Waals surface area contributed by atoms with Crippen molar-refractivity contribution >= 4 is 27.7 Å². The summed E-state index contributed by atoms with van der Waals surface area (Å²) in [5.41, 5.74) is 0.754. The first-order valence-electron chi connectivity index (χ1n) is 5.58. The van der Waals surface area contributed by atoms with Gasteiger partial charge in [-0.1, -0.05) is 33.8 Å². The average molecular weight is 345 g/mol. The molecule has 0 spiro atoms. The van der Waals surface area contributed by atoms with Crippen molar-refractivity contribution < 1.29 is 13.9 Å². The summed E-state index contributed by atoms with van der Waals surface area (Å²) in [6.07, 6.45) is -0.584. The van der Waals surface area contributed by atoms with Crippen molar-refractivity contribution in [3.05, 3.63) is 58.1 Å². The molecular weight excluding hydrogens is 334 g/mol. The summed E-state index contributed by atoms with van der Waals surface area (Å²) in [4.78, 5) is 0.998. The third-order valence-electron chi connectivity index (χ3n) is 2.54. The van der Waals surface area contributed by atoms with Gasteiger partial charge in [0.05, 0.1) is 11.0 Å². The van der Waals surface area contributed by atoms with Gasteiger partial charge in [0.1, 0.15) is 11.6 Å². The minimum atomic E-state index is -0.584. The molecule has 0 aliphatic heterocycles. The molecule has 0 radical (unpaired) electrons. The van der Waals surface area contributed by atoms with Gasteiger partial charge < -0.3 is 5.11 Å². The third-order valence-corrected chi connectivity index (χ3v) is 4.25. The lowest BCUT2D eigenvalue weighted by Crippen LogP contribution is -1.92. The molecule has 0 aromatic heterocycles. The van der Waals surface area contributed by atoms with Crippen LogP contribution in [0.15, 0.2) is 50.7 Å². The second-order valence-electron chi connectivity index (χ2n) is 4.04. The molecule has 100 valence electrons. The molecule has 1 N–H and O–H groups in total. The topological polar surface area (TPSA) is 20.2 Å². The van der Waals surface area contributed by atoms with E-state index in [2.05, 4.69) is 15.9 Å². The number of halogens is 3. The van der Waals surface area contributed by atoms with Crippen LogP contribution in [0.1, 0.15) is 18.6 Å². The normalized spacial score (nSPS) is 12.5. The zero-order valence-corrected chi connectivity index (χ0v) is 12.4. The van der Waals surface area contributed by atoms with Crippen LogP contribution in [0, 0.1) is 11.6 Å². The summed E-state index contributed by atoms with van der Waals surface area (Å²) in [6.45, 7) is 1.67. The number of benzene rings is 2. The highest BCUT2D eigenvalue weighted by Crippen LogP contribution is 2.34. The van der Waals surface area contributed by atoms with Crippen LogP contribution >= 0.6 is 27.7 Å². The highest BCUT2D eigenvalue weighted by Gasteiger charge is 2.10. The van der Waals surface area contributed by atoms with E-state index >= 15 is 0 Å². The first-order chi connectivity index (χ1) is 8.97. The van der Waals surface area contributed by atoms with Crippen LogP contribution in [0.25, 0.3) is 0 Å². The molecule has 1 unspecified atom stereocenters. The van der Waals surface area contributed by atoms with E-state index in [4.69, 9.17) is 0 Å². The second-order valence-corrected chi connectivity index (χ2v) is 6.01. The average Bonchev–Trinajstić information content (AvgIpc) is 2.33. The molecule has 0 fully saturated rings. The van der Waals surface area contributed by atoms with Crippen molar-refractivity contribution in [1.29, 1.82) is 0 Å². The van der Waals surface area contributed by atoms with Gasteiger partial charge in [-0.2, -0.15) is 0 Å². The zero-order valence-electron chi connectivity index (χ0n) is 10.0. The van der Waals surface area contributed by atoms with Crippen LogP contribution in [-0.2, 0) is 0 Å². The zero-order chi connectivity index (χ0) is 14.0. The van der Waals surface area contributed by atoms with Crippen molar-refractivity contribution in [3.8, 4) is 0 Å². The lowest BCUT2D eigenvalue weighted by Gasteiger charge is -2.10. The Labute approximate surface area is 122 Å². The highest BCUT2D eigenvalue weighted by atomic mass is 79.9. The summed E-state index contributed by atoms with van der Waals surface area (Å²) < 4.78 is 27.3. The van der Waals surface area contributed by atoms with Crippen molar-refractivity contribution in [2.24, 2.45) is 0 Å². The van der Waals surface area contributed by atoms with Crippen molar-refractivity contribution in [3.63, 3.8) is 0 Å². The predicted octanol–water partition coefficient (Wildman–Crippen LogP) is 4.93. The molecule has 19 heavy (non-hydrogen) atoms. The quantitative estimate of drug-likeness (QED) is 0.851. The van der Waals surface area contributed by atoms with E-state index < -0.39 is 17.7 Å². The van der Waals surface area contributed by atoms with E-state index in [-0.39, 0.29) is 4.90 Å². The van der Waals surface area contributed by atoms with Crippen LogP contribution in [-0.4, -0.2) is 5.11 Å². The Morgan fingerprint density at radius 2 is 1.89 bits per heavy atom. The van der Waals surface area contributed by atoms with Gasteiger partial charge in [-0.05, 0) is 42.8 Å². The van der Waals surface area contributed by atoms with E-state index in [1.165, 1.54) is 0 Å². The maximum absolute atomic E-state index is 13.5. The van der Waals surface area contributed by atoms with E-state index in [1.54, 1.807) is 25.1 Å². The van der Waals surface area contributed by atoms with Gasteiger partial charge in [-0.3, -0.25) is 0 Å². The maximum Gasteiger partial charge on any atom is 0.137 e. The fourth-order valence-corrected chi connectivity index (χ4v) is 3.36. The first-order valence-corrected chi connectivity index (χ1v) is 7.18. The minimum Gasteiger partial charge on any atom is -0.389 e. The molecule has 2 aromatic carbocycles. The standard InChI is InChI=1S/C14H11BrF2OS/c1-8(18)11-4-3-10(7-12(11)15)19-14-6-9(16)2-5-13(14)17/h2-8,18H,1H3. The Morgan fingerprint density at radius 3 is 2.53 bits per heavy atom. The van der Waals surface area contributed by atoms with Crippen molar-refractivity contribution in [1.82, 2.24) is 0 Å². The minimum absolute atomic E-state index is 0.233. The molecular formula is C14H11BrF2OS. The van der Waals surface area contributed by atoms with Gasteiger partial charge in [0, 0.05) is 9.37 Å². The Morgan fingerprint density at radius 1 is 1.16 bits per heavy atom. The first kappa shape index (κ1) is 14.5. The molecule has 1 atom stereocenters. The molecule has 0 amide bonds. The molecule has 0 bridgehead atoms. The van der Waals surface area contributed by atoms with Crippen molar-refractivity contribution in [2.75, 3.05) is 0 Å². The van der Waals surface area contributed by atoms with Crippen LogP contribution in [0.2, 0.25) is 0 Å². The van der Waals surface area contributed by atoms with Gasteiger partial charge in [0.15, 0.2) is 0 Å². The summed E-state index contributed by atoms with van der Waals surface area (Å²) >= 11 is 4.49. The maximum atomic E-state index is 13.5. The molecule has 2 aromatic rings. The van der Waals surface area contributed by atoms with Crippen LogP contribution in [0.5, 0.6) is 0 Å². The smallest absolute Gasteiger partial charge is 0.137 e.